The first-order valence-electron chi connectivity index (χ1n) is 4.36. The fraction of sp³-hybridized carbons (Fsp3) is 1.00. The molecule has 0 saturated carbocycles. The van der Waals surface area contributed by atoms with Gasteiger partial charge in [-0.25, -0.2) is 0 Å². The second kappa shape index (κ2) is 6.13. The van der Waals surface area contributed by atoms with Crippen molar-refractivity contribution in [1.29, 1.82) is 0 Å². The van der Waals surface area contributed by atoms with Crippen LogP contribution in [0.3, 0.4) is 0 Å². The lowest BCUT2D eigenvalue weighted by molar-refractivity contribution is 0.164. The number of thioether (sulfide) groups is 2. The zero-order valence-electron chi connectivity index (χ0n) is 7.11. The third-order valence-electron chi connectivity index (χ3n) is 1.83. The monoisotopic (exact) mass is 208 g/mol. The van der Waals surface area contributed by atoms with E-state index in [2.05, 4.69) is 0 Å². The summed E-state index contributed by atoms with van der Waals surface area (Å²) < 4.78 is 0.352. The molecule has 1 saturated heterocycles. The average Bonchev–Trinajstić information content (AvgIpc) is 2.15. The first-order valence-corrected chi connectivity index (χ1v) is 6.46. The highest BCUT2D eigenvalue weighted by Crippen LogP contribution is 2.34. The van der Waals surface area contributed by atoms with Crippen molar-refractivity contribution in [2.75, 3.05) is 18.1 Å². The lowest BCUT2D eigenvalue weighted by Gasteiger charge is -2.25. The number of aliphatic hydroxyl groups excluding tert-OH is 2. The predicted octanol–water partition coefficient (Wildman–Crippen LogP) is 1.32. The van der Waals surface area contributed by atoms with Crippen LogP contribution in [0.15, 0.2) is 0 Å². The molecule has 0 amide bonds. The van der Waals surface area contributed by atoms with Crippen LogP contribution in [0, 0.1) is 0 Å². The van der Waals surface area contributed by atoms with Crippen LogP contribution >= 0.6 is 23.5 Å². The van der Waals surface area contributed by atoms with Crippen LogP contribution in [0.5, 0.6) is 0 Å². The van der Waals surface area contributed by atoms with E-state index < -0.39 is 0 Å². The normalized spacial score (nSPS) is 22.5. The van der Waals surface area contributed by atoms with Crippen molar-refractivity contribution in [2.45, 2.75) is 29.9 Å². The fourth-order valence-electron chi connectivity index (χ4n) is 1.16. The molecule has 2 nitrogen and oxygen atoms in total. The summed E-state index contributed by atoms with van der Waals surface area (Å²) in [6, 6.07) is 0. The molecule has 1 heterocycles. The summed E-state index contributed by atoms with van der Waals surface area (Å²) in [4.78, 5) is 0. The number of aliphatic hydroxyl groups is 2. The van der Waals surface area contributed by atoms with E-state index in [1.807, 2.05) is 23.5 Å². The van der Waals surface area contributed by atoms with Crippen molar-refractivity contribution in [3.63, 3.8) is 0 Å². The minimum atomic E-state index is -0.229. The number of rotatable bonds is 4. The third kappa shape index (κ3) is 3.56. The van der Waals surface area contributed by atoms with Gasteiger partial charge in [0.05, 0.1) is 10.7 Å². The van der Waals surface area contributed by atoms with Crippen molar-refractivity contribution < 1.29 is 10.2 Å². The Hall–Kier alpha value is 0.620. The molecule has 0 aromatic heterocycles. The maximum Gasteiger partial charge on any atom is 0.0761 e. The minimum absolute atomic E-state index is 0.194. The van der Waals surface area contributed by atoms with Crippen LogP contribution in [0.4, 0.5) is 0 Å². The number of hydrogen-bond donors (Lipinski definition) is 2. The second-order valence-corrected chi connectivity index (χ2v) is 5.69. The van der Waals surface area contributed by atoms with Crippen molar-refractivity contribution in [1.82, 2.24) is 0 Å². The molecular formula is C8H16O2S2. The molecule has 0 bridgehead atoms. The van der Waals surface area contributed by atoms with Crippen LogP contribution in [0.25, 0.3) is 0 Å². The summed E-state index contributed by atoms with van der Waals surface area (Å²) in [6.07, 6.45) is 2.49. The third-order valence-corrected chi connectivity index (χ3v) is 4.98. The van der Waals surface area contributed by atoms with Gasteiger partial charge in [0.25, 0.3) is 0 Å². The molecule has 0 aromatic rings. The lowest BCUT2D eigenvalue weighted by Crippen LogP contribution is -2.23. The molecule has 1 rings (SSSR count). The van der Waals surface area contributed by atoms with E-state index in [9.17, 15) is 5.11 Å². The summed E-state index contributed by atoms with van der Waals surface area (Å²) in [5.74, 6) is 2.35. The van der Waals surface area contributed by atoms with E-state index in [0.29, 0.717) is 4.58 Å². The van der Waals surface area contributed by atoms with Gasteiger partial charge in [-0.3, -0.25) is 0 Å². The summed E-state index contributed by atoms with van der Waals surface area (Å²) in [7, 11) is 0. The molecule has 0 spiro atoms. The molecule has 72 valence electrons. The van der Waals surface area contributed by atoms with E-state index in [1.165, 1.54) is 17.9 Å². The average molecular weight is 208 g/mol. The molecule has 2 N–H and O–H groups in total. The molecule has 0 radical (unpaired) electrons. The smallest absolute Gasteiger partial charge is 0.0761 e. The van der Waals surface area contributed by atoms with Crippen LogP contribution < -0.4 is 0 Å². The molecule has 1 unspecified atom stereocenters. The quantitative estimate of drug-likeness (QED) is 0.731. The molecule has 0 aromatic carbocycles. The SMILES string of the molecule is OCCCC(O)C1SCCCS1. The highest BCUT2D eigenvalue weighted by molar-refractivity contribution is 8.17. The molecule has 1 aliphatic heterocycles. The first kappa shape index (κ1) is 10.7. The Morgan fingerprint density at radius 1 is 1.33 bits per heavy atom. The summed E-state index contributed by atoms with van der Waals surface area (Å²) in [6.45, 7) is 0.194. The van der Waals surface area contributed by atoms with Crippen molar-refractivity contribution in [3.8, 4) is 0 Å². The predicted molar refractivity (Wildman–Crippen MR) is 55.6 cm³/mol. The van der Waals surface area contributed by atoms with Gasteiger partial charge in [0.2, 0.25) is 0 Å². The zero-order chi connectivity index (χ0) is 8.81. The Morgan fingerprint density at radius 3 is 2.58 bits per heavy atom. The topological polar surface area (TPSA) is 40.5 Å². The van der Waals surface area contributed by atoms with Gasteiger partial charge >= 0.3 is 0 Å². The van der Waals surface area contributed by atoms with Crippen LogP contribution in [0.1, 0.15) is 19.3 Å². The molecule has 1 aliphatic rings. The molecule has 0 aliphatic carbocycles. The molecular weight excluding hydrogens is 192 g/mol. The van der Waals surface area contributed by atoms with Crippen molar-refractivity contribution in [2.24, 2.45) is 0 Å². The summed E-state index contributed by atoms with van der Waals surface area (Å²) in [5, 5.41) is 18.2. The van der Waals surface area contributed by atoms with E-state index in [4.69, 9.17) is 5.11 Å². The van der Waals surface area contributed by atoms with Crippen molar-refractivity contribution >= 4 is 23.5 Å². The van der Waals surface area contributed by atoms with Crippen LogP contribution in [0.2, 0.25) is 0 Å². The molecule has 1 fully saturated rings. The first-order chi connectivity index (χ1) is 5.84. The molecule has 4 heteroatoms. The Balaban J connectivity index is 2.15. The largest absolute Gasteiger partial charge is 0.396 e. The highest BCUT2D eigenvalue weighted by atomic mass is 32.2. The van der Waals surface area contributed by atoms with Crippen molar-refractivity contribution in [3.05, 3.63) is 0 Å². The Morgan fingerprint density at radius 2 is 2.00 bits per heavy atom. The number of hydrogen-bond acceptors (Lipinski definition) is 4. The van der Waals surface area contributed by atoms with E-state index in [-0.39, 0.29) is 12.7 Å². The molecule has 12 heavy (non-hydrogen) atoms. The second-order valence-electron chi connectivity index (χ2n) is 2.90. The van der Waals surface area contributed by atoms with E-state index in [0.717, 1.165) is 12.8 Å². The standard InChI is InChI=1S/C8H16O2S2/c9-4-1-3-7(10)8-11-5-2-6-12-8/h7-10H,1-6H2. The Labute approximate surface area is 82.1 Å². The lowest BCUT2D eigenvalue weighted by atomic mass is 10.2. The summed E-state index contributed by atoms with van der Waals surface area (Å²) in [5.41, 5.74) is 0. The van der Waals surface area contributed by atoms with Gasteiger partial charge in [-0.15, -0.1) is 23.5 Å². The molecule has 1 atom stereocenters. The highest BCUT2D eigenvalue weighted by Gasteiger charge is 2.21. The maximum atomic E-state index is 9.65. The van der Waals surface area contributed by atoms with Crippen LogP contribution in [-0.4, -0.2) is 39.0 Å². The zero-order valence-corrected chi connectivity index (χ0v) is 8.74. The Kier molecular flexibility index (Phi) is 5.47. The van der Waals surface area contributed by atoms with E-state index >= 15 is 0 Å². The minimum Gasteiger partial charge on any atom is -0.396 e. The van der Waals surface area contributed by atoms with E-state index in [1.54, 1.807) is 0 Å². The van der Waals surface area contributed by atoms with Gasteiger partial charge in [-0.05, 0) is 30.8 Å². The van der Waals surface area contributed by atoms with Gasteiger partial charge in [-0.1, -0.05) is 0 Å². The van der Waals surface area contributed by atoms with Crippen LogP contribution in [-0.2, 0) is 0 Å². The Bertz CT molecular complexity index is 116. The van der Waals surface area contributed by atoms with Gasteiger partial charge in [0, 0.05) is 6.61 Å². The maximum absolute atomic E-state index is 9.65. The van der Waals surface area contributed by atoms with Gasteiger partial charge in [0.1, 0.15) is 0 Å². The van der Waals surface area contributed by atoms with Gasteiger partial charge < -0.3 is 10.2 Å². The van der Waals surface area contributed by atoms with Gasteiger partial charge in [-0.2, -0.15) is 0 Å². The van der Waals surface area contributed by atoms with Gasteiger partial charge in [0.15, 0.2) is 0 Å². The summed E-state index contributed by atoms with van der Waals surface area (Å²) >= 11 is 3.71. The fourth-order valence-corrected chi connectivity index (χ4v) is 4.11.